The zero-order chi connectivity index (χ0) is 15.8. The molecule has 0 saturated heterocycles. The Bertz CT molecular complexity index is 812. The van der Waals surface area contributed by atoms with Gasteiger partial charge in [-0.05, 0) is 30.2 Å². The number of carboxylic acid groups (broad SMARTS) is 1. The Kier molecular flexibility index (Phi) is 4.06. The number of hydrogen-bond acceptors (Lipinski definition) is 4. The van der Waals surface area contributed by atoms with Gasteiger partial charge in [0, 0.05) is 12.5 Å². The predicted octanol–water partition coefficient (Wildman–Crippen LogP) is 1.99. The summed E-state index contributed by atoms with van der Waals surface area (Å²) >= 11 is 5.78. The van der Waals surface area contributed by atoms with Gasteiger partial charge in [-0.15, -0.1) is 0 Å². The van der Waals surface area contributed by atoms with E-state index in [0.717, 1.165) is 6.26 Å². The Labute approximate surface area is 126 Å². The van der Waals surface area contributed by atoms with E-state index in [1.807, 2.05) is 0 Å². The van der Waals surface area contributed by atoms with Gasteiger partial charge in [-0.1, -0.05) is 11.6 Å². The lowest BCUT2D eigenvalue weighted by Crippen LogP contribution is -2.12. The quantitative estimate of drug-likeness (QED) is 0.927. The first-order chi connectivity index (χ1) is 9.70. The molecule has 0 radical (unpaired) electrons. The third-order valence-electron chi connectivity index (χ3n) is 3.11. The molecule has 1 aromatic heterocycles. The number of hydrogen-bond donors (Lipinski definition) is 1. The van der Waals surface area contributed by atoms with E-state index in [2.05, 4.69) is 5.10 Å². The third kappa shape index (κ3) is 3.25. The van der Waals surface area contributed by atoms with Crippen molar-refractivity contribution in [2.45, 2.75) is 18.4 Å². The molecule has 2 rings (SSSR count). The molecule has 0 atom stereocenters. The first-order valence-electron chi connectivity index (χ1n) is 5.94. The first-order valence-corrected chi connectivity index (χ1v) is 8.21. The van der Waals surface area contributed by atoms with Gasteiger partial charge in [0.15, 0.2) is 9.84 Å². The van der Waals surface area contributed by atoms with Gasteiger partial charge < -0.3 is 5.11 Å². The number of aromatic nitrogens is 2. The molecule has 0 saturated carbocycles. The van der Waals surface area contributed by atoms with Crippen molar-refractivity contribution in [3.63, 3.8) is 0 Å². The molecule has 0 spiro atoms. The second-order valence-electron chi connectivity index (χ2n) is 4.65. The molecule has 1 heterocycles. The van der Waals surface area contributed by atoms with Crippen molar-refractivity contribution >= 4 is 27.4 Å². The maximum atomic E-state index is 11.9. The zero-order valence-electron chi connectivity index (χ0n) is 11.4. The Morgan fingerprint density at radius 3 is 2.57 bits per heavy atom. The van der Waals surface area contributed by atoms with E-state index in [9.17, 15) is 13.2 Å². The van der Waals surface area contributed by atoms with Crippen molar-refractivity contribution in [2.24, 2.45) is 0 Å². The van der Waals surface area contributed by atoms with Gasteiger partial charge in [-0.3, -0.25) is 4.68 Å². The summed E-state index contributed by atoms with van der Waals surface area (Å²) in [6.45, 7) is 1.71. The summed E-state index contributed by atoms with van der Waals surface area (Å²) < 4.78 is 25.2. The summed E-state index contributed by atoms with van der Waals surface area (Å²) in [5.74, 6) is -1.10. The first kappa shape index (κ1) is 15.5. The highest BCUT2D eigenvalue weighted by molar-refractivity contribution is 7.90. The molecule has 0 bridgehead atoms. The minimum atomic E-state index is -3.48. The molecule has 0 amide bonds. The minimum Gasteiger partial charge on any atom is -0.478 e. The van der Waals surface area contributed by atoms with Crippen molar-refractivity contribution in [3.05, 3.63) is 46.2 Å². The van der Waals surface area contributed by atoms with E-state index in [4.69, 9.17) is 16.7 Å². The zero-order valence-corrected chi connectivity index (χ0v) is 12.9. The molecule has 112 valence electrons. The van der Waals surface area contributed by atoms with Crippen LogP contribution in [-0.2, 0) is 16.4 Å². The Hall–Kier alpha value is -1.86. The number of aromatic carboxylic acids is 1. The standard InChI is InChI=1S/C13H13ClN2O4S/c1-8-10(13(17)18)3-4-12(21(2,19)20)11(8)7-16-6-9(14)5-15-16/h3-6H,7H2,1-2H3,(H,17,18). The Morgan fingerprint density at radius 1 is 1.43 bits per heavy atom. The van der Waals surface area contributed by atoms with Crippen LogP contribution in [-0.4, -0.2) is 35.5 Å². The maximum absolute atomic E-state index is 11.9. The van der Waals surface area contributed by atoms with Crippen molar-refractivity contribution in [1.29, 1.82) is 0 Å². The number of sulfone groups is 1. The number of halogens is 1. The van der Waals surface area contributed by atoms with Crippen LogP contribution in [0.5, 0.6) is 0 Å². The van der Waals surface area contributed by atoms with E-state index in [1.54, 1.807) is 13.1 Å². The fraction of sp³-hybridized carbons (Fsp3) is 0.231. The molecule has 0 fully saturated rings. The van der Waals surface area contributed by atoms with Crippen LogP contribution in [0.2, 0.25) is 5.02 Å². The van der Waals surface area contributed by atoms with Crippen LogP contribution >= 0.6 is 11.6 Å². The van der Waals surface area contributed by atoms with E-state index in [0.29, 0.717) is 16.1 Å². The largest absolute Gasteiger partial charge is 0.478 e. The number of carboxylic acids is 1. The maximum Gasteiger partial charge on any atom is 0.335 e. The predicted molar refractivity (Wildman–Crippen MR) is 77.6 cm³/mol. The van der Waals surface area contributed by atoms with Gasteiger partial charge in [0.1, 0.15) is 0 Å². The van der Waals surface area contributed by atoms with E-state index < -0.39 is 15.8 Å². The van der Waals surface area contributed by atoms with Crippen molar-refractivity contribution in [3.8, 4) is 0 Å². The number of nitrogens with zero attached hydrogens (tertiary/aromatic N) is 2. The van der Waals surface area contributed by atoms with Crippen LogP contribution in [0.15, 0.2) is 29.4 Å². The van der Waals surface area contributed by atoms with Gasteiger partial charge in [-0.2, -0.15) is 5.10 Å². The molecule has 1 aromatic carbocycles. The molecular weight excluding hydrogens is 316 g/mol. The molecule has 8 heteroatoms. The highest BCUT2D eigenvalue weighted by atomic mass is 35.5. The van der Waals surface area contributed by atoms with Gasteiger partial charge in [0.2, 0.25) is 0 Å². The monoisotopic (exact) mass is 328 g/mol. The van der Waals surface area contributed by atoms with Gasteiger partial charge >= 0.3 is 5.97 Å². The van der Waals surface area contributed by atoms with Crippen molar-refractivity contribution in [2.75, 3.05) is 6.26 Å². The van der Waals surface area contributed by atoms with E-state index in [-0.39, 0.29) is 17.0 Å². The molecule has 0 aliphatic heterocycles. The lowest BCUT2D eigenvalue weighted by molar-refractivity contribution is 0.0696. The highest BCUT2D eigenvalue weighted by Gasteiger charge is 2.20. The lowest BCUT2D eigenvalue weighted by atomic mass is 10.0. The second kappa shape index (κ2) is 5.50. The molecular formula is C13H13ClN2O4S. The fourth-order valence-corrected chi connectivity index (χ4v) is 3.23. The van der Waals surface area contributed by atoms with Crippen LogP contribution in [0.3, 0.4) is 0 Å². The number of rotatable bonds is 4. The average molecular weight is 329 g/mol. The van der Waals surface area contributed by atoms with Crippen LogP contribution in [0, 0.1) is 6.92 Å². The van der Waals surface area contributed by atoms with Gasteiger partial charge in [0.05, 0.1) is 28.2 Å². The fourth-order valence-electron chi connectivity index (χ4n) is 2.09. The highest BCUT2D eigenvalue weighted by Crippen LogP contribution is 2.24. The van der Waals surface area contributed by atoms with Crippen LogP contribution in [0.25, 0.3) is 0 Å². The molecule has 1 N–H and O–H groups in total. The molecule has 0 unspecified atom stereocenters. The summed E-state index contributed by atoms with van der Waals surface area (Å²) in [7, 11) is -3.48. The minimum absolute atomic E-state index is 0.0654. The summed E-state index contributed by atoms with van der Waals surface area (Å²) in [4.78, 5) is 11.3. The molecule has 2 aromatic rings. The average Bonchev–Trinajstić information content (AvgIpc) is 2.75. The Balaban J connectivity index is 2.64. The molecule has 6 nitrogen and oxygen atoms in total. The second-order valence-corrected chi connectivity index (χ2v) is 7.07. The van der Waals surface area contributed by atoms with Crippen molar-refractivity contribution < 1.29 is 18.3 Å². The number of benzene rings is 1. The Morgan fingerprint density at radius 2 is 2.10 bits per heavy atom. The molecule has 21 heavy (non-hydrogen) atoms. The SMILES string of the molecule is Cc1c(C(=O)O)ccc(S(C)(=O)=O)c1Cn1cc(Cl)cn1. The van der Waals surface area contributed by atoms with Crippen LogP contribution in [0.4, 0.5) is 0 Å². The summed E-state index contributed by atoms with van der Waals surface area (Å²) in [6, 6.07) is 2.61. The summed E-state index contributed by atoms with van der Waals surface area (Å²) in [6.07, 6.45) is 4.06. The topological polar surface area (TPSA) is 89.3 Å². The van der Waals surface area contributed by atoms with Crippen LogP contribution in [0.1, 0.15) is 21.5 Å². The number of carbonyl (C=O) groups is 1. The molecule has 0 aliphatic rings. The molecule has 0 aliphatic carbocycles. The van der Waals surface area contributed by atoms with E-state index in [1.165, 1.54) is 23.0 Å². The summed E-state index contributed by atoms with van der Waals surface area (Å²) in [5, 5.41) is 13.6. The lowest BCUT2D eigenvalue weighted by Gasteiger charge is -2.13. The third-order valence-corrected chi connectivity index (χ3v) is 4.48. The van der Waals surface area contributed by atoms with E-state index >= 15 is 0 Å². The van der Waals surface area contributed by atoms with Crippen molar-refractivity contribution in [1.82, 2.24) is 9.78 Å². The van der Waals surface area contributed by atoms with Crippen LogP contribution < -0.4 is 0 Å². The smallest absolute Gasteiger partial charge is 0.335 e. The normalized spacial score (nSPS) is 11.6. The van der Waals surface area contributed by atoms with Gasteiger partial charge in [-0.25, -0.2) is 13.2 Å². The summed E-state index contributed by atoms with van der Waals surface area (Å²) in [5.41, 5.74) is 0.866. The van der Waals surface area contributed by atoms with Gasteiger partial charge in [0.25, 0.3) is 0 Å².